The third-order valence-corrected chi connectivity index (χ3v) is 4.03. The standard InChI is InChI=1S/C14H18N6O2S/c1-10-4-6-11(7-5-10)20-14(16-17-18-20)23-9-13(22)19(3)8-12(21)15-2/h4-7H,8-9H2,1-3H3,(H,15,21). The molecule has 0 atom stereocenters. The third kappa shape index (κ3) is 4.52. The molecule has 0 spiro atoms. The Hall–Kier alpha value is -2.42. The number of carbonyl (C=O) groups is 2. The molecule has 122 valence electrons. The normalized spacial score (nSPS) is 10.4. The summed E-state index contributed by atoms with van der Waals surface area (Å²) in [6.07, 6.45) is 0. The molecule has 0 aliphatic carbocycles. The van der Waals surface area contributed by atoms with Crippen LogP contribution in [0.2, 0.25) is 0 Å². The van der Waals surface area contributed by atoms with Gasteiger partial charge in [0, 0.05) is 14.1 Å². The van der Waals surface area contributed by atoms with Gasteiger partial charge in [-0.2, -0.15) is 4.68 Å². The molecule has 2 rings (SSSR count). The van der Waals surface area contributed by atoms with Crippen LogP contribution in [0.5, 0.6) is 0 Å². The predicted molar refractivity (Wildman–Crippen MR) is 86.3 cm³/mol. The van der Waals surface area contributed by atoms with Gasteiger partial charge in [0.25, 0.3) is 0 Å². The van der Waals surface area contributed by atoms with Crippen molar-refractivity contribution in [3.05, 3.63) is 29.8 Å². The number of tetrazole rings is 1. The van der Waals surface area contributed by atoms with Crippen LogP contribution in [0.1, 0.15) is 5.56 Å². The number of rotatable bonds is 6. The highest BCUT2D eigenvalue weighted by Crippen LogP contribution is 2.18. The fraction of sp³-hybridized carbons (Fsp3) is 0.357. The van der Waals surface area contributed by atoms with Crippen LogP contribution in [0.3, 0.4) is 0 Å². The molecule has 0 saturated carbocycles. The molecule has 2 aromatic rings. The third-order valence-electron chi connectivity index (χ3n) is 3.13. The molecule has 23 heavy (non-hydrogen) atoms. The summed E-state index contributed by atoms with van der Waals surface area (Å²) in [7, 11) is 3.12. The number of aromatic nitrogens is 4. The number of hydrogen-bond donors (Lipinski definition) is 1. The second kappa shape index (κ2) is 7.73. The first-order valence-corrected chi connectivity index (χ1v) is 7.92. The fourth-order valence-electron chi connectivity index (χ4n) is 1.74. The van der Waals surface area contributed by atoms with E-state index in [1.54, 1.807) is 11.7 Å². The minimum atomic E-state index is -0.213. The molecule has 0 radical (unpaired) electrons. The summed E-state index contributed by atoms with van der Waals surface area (Å²) in [6, 6.07) is 7.76. The lowest BCUT2D eigenvalue weighted by Gasteiger charge is -2.15. The summed E-state index contributed by atoms with van der Waals surface area (Å²) >= 11 is 1.23. The number of likely N-dealkylation sites (N-methyl/N-ethyl adjacent to an activating group) is 2. The minimum absolute atomic E-state index is 0.0266. The maximum absolute atomic E-state index is 12.0. The van der Waals surface area contributed by atoms with Gasteiger partial charge in [-0.3, -0.25) is 9.59 Å². The summed E-state index contributed by atoms with van der Waals surface area (Å²) in [6.45, 7) is 2.03. The van der Waals surface area contributed by atoms with Gasteiger partial charge in [-0.1, -0.05) is 29.5 Å². The Morgan fingerprint density at radius 2 is 2.00 bits per heavy atom. The Balaban J connectivity index is 1.99. The maximum Gasteiger partial charge on any atom is 0.239 e. The van der Waals surface area contributed by atoms with Crippen molar-refractivity contribution in [3.63, 3.8) is 0 Å². The van der Waals surface area contributed by atoms with E-state index in [1.165, 1.54) is 23.7 Å². The molecule has 0 bridgehead atoms. The monoisotopic (exact) mass is 334 g/mol. The molecule has 0 aliphatic heterocycles. The molecule has 0 aliphatic rings. The van der Waals surface area contributed by atoms with Gasteiger partial charge in [0.05, 0.1) is 18.0 Å². The van der Waals surface area contributed by atoms with Crippen molar-refractivity contribution in [1.29, 1.82) is 0 Å². The Morgan fingerprint density at radius 3 is 2.65 bits per heavy atom. The smallest absolute Gasteiger partial charge is 0.239 e. The second-order valence-corrected chi connectivity index (χ2v) is 5.86. The van der Waals surface area contributed by atoms with Gasteiger partial charge in [-0.05, 0) is 29.5 Å². The summed E-state index contributed by atoms with van der Waals surface area (Å²) in [4.78, 5) is 24.7. The molecular formula is C14H18N6O2S. The molecule has 8 nitrogen and oxygen atoms in total. The summed E-state index contributed by atoms with van der Waals surface area (Å²) in [5, 5.41) is 14.5. The van der Waals surface area contributed by atoms with Gasteiger partial charge >= 0.3 is 0 Å². The Bertz CT molecular complexity index is 685. The number of benzene rings is 1. The van der Waals surface area contributed by atoms with E-state index in [1.807, 2.05) is 31.2 Å². The van der Waals surface area contributed by atoms with Crippen LogP contribution >= 0.6 is 11.8 Å². The van der Waals surface area contributed by atoms with Crippen LogP contribution in [-0.2, 0) is 9.59 Å². The van der Waals surface area contributed by atoms with Crippen LogP contribution in [0, 0.1) is 6.92 Å². The van der Waals surface area contributed by atoms with Gasteiger partial charge in [0.2, 0.25) is 17.0 Å². The number of thioether (sulfide) groups is 1. The number of carbonyl (C=O) groups excluding carboxylic acids is 2. The maximum atomic E-state index is 12.0. The molecule has 2 amide bonds. The number of aryl methyl sites for hydroxylation is 1. The average Bonchev–Trinajstić information content (AvgIpc) is 3.01. The second-order valence-electron chi connectivity index (χ2n) is 4.92. The van der Waals surface area contributed by atoms with Crippen LogP contribution in [0.25, 0.3) is 5.69 Å². The zero-order valence-corrected chi connectivity index (χ0v) is 14.0. The van der Waals surface area contributed by atoms with Gasteiger partial charge in [0.15, 0.2) is 0 Å². The molecule has 1 aromatic heterocycles. The molecule has 9 heteroatoms. The molecule has 0 fully saturated rings. The number of nitrogens with zero attached hydrogens (tertiary/aromatic N) is 5. The van der Waals surface area contributed by atoms with E-state index in [4.69, 9.17) is 0 Å². The van der Waals surface area contributed by atoms with Crippen molar-refractivity contribution in [2.45, 2.75) is 12.1 Å². The SMILES string of the molecule is CNC(=O)CN(C)C(=O)CSc1nnnn1-c1ccc(C)cc1. The topological polar surface area (TPSA) is 93.0 Å². The lowest BCUT2D eigenvalue weighted by Crippen LogP contribution is -2.37. The average molecular weight is 334 g/mol. The van der Waals surface area contributed by atoms with E-state index in [2.05, 4.69) is 20.8 Å². The number of hydrogen-bond acceptors (Lipinski definition) is 6. The van der Waals surface area contributed by atoms with Gasteiger partial charge in [-0.25, -0.2) is 0 Å². The minimum Gasteiger partial charge on any atom is -0.358 e. The zero-order chi connectivity index (χ0) is 16.8. The predicted octanol–water partition coefficient (Wildman–Crippen LogP) is 0.267. The van der Waals surface area contributed by atoms with E-state index >= 15 is 0 Å². The highest BCUT2D eigenvalue weighted by molar-refractivity contribution is 7.99. The first kappa shape index (κ1) is 16.9. The molecule has 0 unspecified atom stereocenters. The first-order chi connectivity index (χ1) is 11.0. The van der Waals surface area contributed by atoms with Crippen molar-refractivity contribution in [3.8, 4) is 5.69 Å². The van der Waals surface area contributed by atoms with E-state index in [9.17, 15) is 9.59 Å². The van der Waals surface area contributed by atoms with Gasteiger partial charge < -0.3 is 10.2 Å². The summed E-state index contributed by atoms with van der Waals surface area (Å²) in [5.74, 6) is -0.230. The number of amides is 2. The molecule has 0 saturated heterocycles. The van der Waals surface area contributed by atoms with Crippen LogP contribution in [0.4, 0.5) is 0 Å². The largest absolute Gasteiger partial charge is 0.358 e. The van der Waals surface area contributed by atoms with E-state index in [0.717, 1.165) is 11.3 Å². The zero-order valence-electron chi connectivity index (χ0n) is 13.2. The van der Waals surface area contributed by atoms with Crippen LogP contribution < -0.4 is 5.32 Å². The van der Waals surface area contributed by atoms with E-state index < -0.39 is 0 Å². The highest BCUT2D eigenvalue weighted by atomic mass is 32.2. The Morgan fingerprint density at radius 1 is 1.30 bits per heavy atom. The van der Waals surface area contributed by atoms with Gasteiger partial charge in [0.1, 0.15) is 0 Å². The van der Waals surface area contributed by atoms with Crippen molar-refractivity contribution >= 4 is 23.6 Å². The van der Waals surface area contributed by atoms with Crippen molar-refractivity contribution in [2.24, 2.45) is 0 Å². The Kier molecular flexibility index (Phi) is 5.69. The van der Waals surface area contributed by atoms with Crippen molar-refractivity contribution < 1.29 is 9.59 Å². The lowest BCUT2D eigenvalue weighted by molar-refractivity contribution is -0.132. The van der Waals surface area contributed by atoms with E-state index in [-0.39, 0.29) is 24.1 Å². The first-order valence-electron chi connectivity index (χ1n) is 6.94. The van der Waals surface area contributed by atoms with E-state index in [0.29, 0.717) is 5.16 Å². The Labute approximate surface area is 138 Å². The van der Waals surface area contributed by atoms with Crippen molar-refractivity contribution in [2.75, 3.05) is 26.4 Å². The highest BCUT2D eigenvalue weighted by Gasteiger charge is 2.15. The molecule has 1 N–H and O–H groups in total. The van der Waals surface area contributed by atoms with Gasteiger partial charge in [-0.15, -0.1) is 5.10 Å². The fourth-order valence-corrected chi connectivity index (χ4v) is 2.57. The molecule has 1 aromatic carbocycles. The molecule has 1 heterocycles. The van der Waals surface area contributed by atoms with Crippen LogP contribution in [-0.4, -0.2) is 63.3 Å². The summed E-state index contributed by atoms with van der Waals surface area (Å²) in [5.41, 5.74) is 1.97. The summed E-state index contributed by atoms with van der Waals surface area (Å²) < 4.78 is 1.58. The lowest BCUT2D eigenvalue weighted by atomic mass is 10.2. The van der Waals surface area contributed by atoms with Crippen molar-refractivity contribution in [1.82, 2.24) is 30.4 Å². The molecular weight excluding hydrogens is 316 g/mol. The quantitative estimate of drug-likeness (QED) is 0.762. The number of nitrogens with one attached hydrogen (secondary N) is 1. The van der Waals surface area contributed by atoms with Crippen LogP contribution in [0.15, 0.2) is 29.4 Å².